The smallest absolute Gasteiger partial charge is 0.246 e. The number of unbranched alkanes of at least 4 members (excludes halogenated alkanes) is 1. The lowest BCUT2D eigenvalue weighted by atomic mass is 9.99. The zero-order valence-corrected chi connectivity index (χ0v) is 8.22. The van der Waals surface area contributed by atoms with Gasteiger partial charge in [-0.05, 0) is 12.8 Å². The summed E-state index contributed by atoms with van der Waals surface area (Å²) in [7, 11) is 1.46. The highest BCUT2D eigenvalue weighted by Crippen LogP contribution is 2.12. The van der Waals surface area contributed by atoms with Crippen molar-refractivity contribution in [1.29, 1.82) is 0 Å². The summed E-state index contributed by atoms with van der Waals surface area (Å²) in [4.78, 5) is 15.8. The van der Waals surface area contributed by atoms with Gasteiger partial charge in [-0.15, -0.1) is 0 Å². The lowest BCUT2D eigenvalue weighted by Gasteiger charge is -2.12. The molecule has 3 nitrogen and oxygen atoms in total. The van der Waals surface area contributed by atoms with Crippen LogP contribution in [0.2, 0.25) is 0 Å². The molecule has 0 fully saturated rings. The second-order valence-electron chi connectivity index (χ2n) is 2.92. The van der Waals surface area contributed by atoms with Crippen molar-refractivity contribution in [3.63, 3.8) is 0 Å². The van der Waals surface area contributed by atoms with E-state index in [0.29, 0.717) is 0 Å². The van der Waals surface area contributed by atoms with Gasteiger partial charge in [0, 0.05) is 5.92 Å². The van der Waals surface area contributed by atoms with Crippen molar-refractivity contribution < 1.29 is 9.63 Å². The largest absolute Gasteiger partial charge is 0.277 e. The van der Waals surface area contributed by atoms with Crippen molar-refractivity contribution in [3.05, 3.63) is 0 Å². The fraction of sp³-hybridized carbons (Fsp3) is 0.889. The van der Waals surface area contributed by atoms with Crippen LogP contribution in [0.25, 0.3) is 0 Å². The van der Waals surface area contributed by atoms with Gasteiger partial charge in [-0.25, -0.2) is 5.48 Å². The van der Waals surface area contributed by atoms with E-state index in [0.717, 1.165) is 25.7 Å². The molecule has 0 rings (SSSR count). The predicted molar refractivity (Wildman–Crippen MR) is 48.5 cm³/mol. The maximum absolute atomic E-state index is 11.2. The highest BCUT2D eigenvalue weighted by molar-refractivity contribution is 5.77. The Hall–Kier alpha value is -0.570. The Morgan fingerprint density at radius 1 is 1.50 bits per heavy atom. The molecule has 0 aliphatic rings. The molecular weight excluding hydrogens is 154 g/mol. The minimum absolute atomic E-state index is 0.00782. The van der Waals surface area contributed by atoms with Gasteiger partial charge in [-0.3, -0.25) is 9.63 Å². The Morgan fingerprint density at radius 3 is 2.58 bits per heavy atom. The van der Waals surface area contributed by atoms with E-state index in [9.17, 15) is 4.79 Å². The Labute approximate surface area is 74.4 Å². The topological polar surface area (TPSA) is 38.3 Å². The summed E-state index contributed by atoms with van der Waals surface area (Å²) in [5, 5.41) is 0. The molecule has 0 bridgehead atoms. The van der Waals surface area contributed by atoms with Gasteiger partial charge in [-0.1, -0.05) is 26.7 Å². The van der Waals surface area contributed by atoms with Gasteiger partial charge in [0.15, 0.2) is 0 Å². The first kappa shape index (κ1) is 11.4. The van der Waals surface area contributed by atoms with Crippen LogP contribution in [-0.4, -0.2) is 13.0 Å². The minimum atomic E-state index is 0.00782. The zero-order chi connectivity index (χ0) is 9.40. The third-order valence-corrected chi connectivity index (χ3v) is 1.97. The van der Waals surface area contributed by atoms with Crippen molar-refractivity contribution in [2.24, 2.45) is 5.92 Å². The zero-order valence-electron chi connectivity index (χ0n) is 8.22. The van der Waals surface area contributed by atoms with E-state index in [1.807, 2.05) is 6.92 Å². The molecule has 0 saturated carbocycles. The molecular formula is C9H19NO2. The van der Waals surface area contributed by atoms with E-state index in [1.165, 1.54) is 7.11 Å². The molecule has 0 aromatic rings. The van der Waals surface area contributed by atoms with Gasteiger partial charge in [0.2, 0.25) is 5.91 Å². The number of rotatable bonds is 6. The molecule has 12 heavy (non-hydrogen) atoms. The van der Waals surface area contributed by atoms with Crippen molar-refractivity contribution >= 4 is 5.91 Å². The Kier molecular flexibility index (Phi) is 6.76. The maximum Gasteiger partial charge on any atom is 0.246 e. The molecule has 1 atom stereocenters. The van der Waals surface area contributed by atoms with E-state index < -0.39 is 0 Å². The van der Waals surface area contributed by atoms with Crippen molar-refractivity contribution in [3.8, 4) is 0 Å². The van der Waals surface area contributed by atoms with Crippen LogP contribution in [0.5, 0.6) is 0 Å². The number of amides is 1. The molecule has 0 aromatic heterocycles. The first-order chi connectivity index (χ1) is 5.76. The van der Waals surface area contributed by atoms with Gasteiger partial charge >= 0.3 is 0 Å². The van der Waals surface area contributed by atoms with Crippen molar-refractivity contribution in [1.82, 2.24) is 5.48 Å². The first-order valence-corrected chi connectivity index (χ1v) is 4.59. The first-order valence-electron chi connectivity index (χ1n) is 4.59. The van der Waals surface area contributed by atoms with Gasteiger partial charge in [0.05, 0.1) is 7.11 Å². The standard InChI is InChI=1S/C9H19NO2/c1-4-6-7-8(5-2)9(11)10-12-3/h8H,4-7H2,1-3H3,(H,10,11). The molecule has 1 amide bonds. The van der Waals surface area contributed by atoms with Gasteiger partial charge in [0.1, 0.15) is 0 Å². The highest BCUT2D eigenvalue weighted by atomic mass is 16.6. The summed E-state index contributed by atoms with van der Waals surface area (Å²) in [5.41, 5.74) is 2.37. The lowest BCUT2D eigenvalue weighted by molar-refractivity contribution is -0.135. The van der Waals surface area contributed by atoms with Crippen LogP contribution < -0.4 is 5.48 Å². The average molecular weight is 173 g/mol. The molecule has 0 saturated heterocycles. The lowest BCUT2D eigenvalue weighted by Crippen LogP contribution is -2.29. The van der Waals surface area contributed by atoms with E-state index in [4.69, 9.17) is 0 Å². The monoisotopic (exact) mass is 173 g/mol. The van der Waals surface area contributed by atoms with Crippen LogP contribution in [0.1, 0.15) is 39.5 Å². The molecule has 0 aliphatic heterocycles. The normalized spacial score (nSPS) is 12.6. The Morgan fingerprint density at radius 2 is 2.17 bits per heavy atom. The number of carbonyl (C=O) groups is 1. The second-order valence-corrected chi connectivity index (χ2v) is 2.92. The number of hydrogen-bond donors (Lipinski definition) is 1. The Balaban J connectivity index is 3.71. The maximum atomic E-state index is 11.2. The highest BCUT2D eigenvalue weighted by Gasteiger charge is 2.14. The second kappa shape index (κ2) is 7.10. The summed E-state index contributed by atoms with van der Waals surface area (Å²) in [6, 6.07) is 0. The number of carbonyl (C=O) groups excluding carboxylic acids is 1. The van der Waals surface area contributed by atoms with E-state index in [1.54, 1.807) is 0 Å². The van der Waals surface area contributed by atoms with Crippen LogP contribution in [0.4, 0.5) is 0 Å². The van der Waals surface area contributed by atoms with Crippen molar-refractivity contribution in [2.45, 2.75) is 39.5 Å². The quantitative estimate of drug-likeness (QED) is 0.623. The fourth-order valence-electron chi connectivity index (χ4n) is 1.16. The summed E-state index contributed by atoms with van der Waals surface area (Å²) in [6.07, 6.45) is 4.09. The molecule has 0 heterocycles. The summed E-state index contributed by atoms with van der Waals surface area (Å²) in [5.74, 6) is 0.123. The van der Waals surface area contributed by atoms with Crippen LogP contribution in [0.15, 0.2) is 0 Å². The number of nitrogens with one attached hydrogen (secondary N) is 1. The van der Waals surface area contributed by atoms with Crippen LogP contribution in [-0.2, 0) is 9.63 Å². The molecule has 0 aliphatic carbocycles. The van der Waals surface area contributed by atoms with Crippen molar-refractivity contribution in [2.75, 3.05) is 7.11 Å². The summed E-state index contributed by atoms with van der Waals surface area (Å²) in [6.45, 7) is 4.15. The Bertz CT molecular complexity index is 126. The van der Waals surface area contributed by atoms with Gasteiger partial charge < -0.3 is 0 Å². The summed E-state index contributed by atoms with van der Waals surface area (Å²) >= 11 is 0. The number of hydrogen-bond acceptors (Lipinski definition) is 2. The molecule has 1 N–H and O–H groups in total. The minimum Gasteiger partial charge on any atom is -0.277 e. The number of hydroxylamine groups is 1. The molecule has 0 spiro atoms. The van der Waals surface area contributed by atoms with Crippen LogP contribution in [0.3, 0.4) is 0 Å². The van der Waals surface area contributed by atoms with E-state index in [-0.39, 0.29) is 11.8 Å². The molecule has 0 radical (unpaired) electrons. The molecule has 3 heteroatoms. The van der Waals surface area contributed by atoms with E-state index >= 15 is 0 Å². The van der Waals surface area contributed by atoms with Gasteiger partial charge in [-0.2, -0.15) is 0 Å². The predicted octanol–water partition coefficient (Wildman–Crippen LogP) is 1.88. The molecule has 72 valence electrons. The van der Waals surface area contributed by atoms with E-state index in [2.05, 4.69) is 17.2 Å². The third-order valence-electron chi connectivity index (χ3n) is 1.97. The molecule has 0 aromatic carbocycles. The van der Waals surface area contributed by atoms with Crippen LogP contribution in [0, 0.1) is 5.92 Å². The summed E-state index contributed by atoms with van der Waals surface area (Å²) < 4.78 is 0. The fourth-order valence-corrected chi connectivity index (χ4v) is 1.16. The SMILES string of the molecule is CCCCC(CC)C(=O)NOC. The average Bonchev–Trinajstić information content (AvgIpc) is 2.06. The molecule has 1 unspecified atom stereocenters. The van der Waals surface area contributed by atoms with Gasteiger partial charge in [0.25, 0.3) is 0 Å². The van der Waals surface area contributed by atoms with Crippen LogP contribution >= 0.6 is 0 Å². The third kappa shape index (κ3) is 4.34.